The maximum Gasteiger partial charge on any atom is 0.177 e. The summed E-state index contributed by atoms with van der Waals surface area (Å²) < 4.78 is 9.40. The standard InChI is InChI=1S/C19H21N7O/c1-13-12-27-9-8-25(13)18-10-14(16-5-7-22-24(16)2)17-11-21-19(26(17)23-18)15-4-3-6-20-15/h3-7,10-11,13,20H,8-9,12H2,1-2H3/t13-/m1/s1. The Labute approximate surface area is 156 Å². The number of aromatic amines is 1. The maximum absolute atomic E-state index is 5.60. The van der Waals surface area contributed by atoms with Crippen LogP contribution in [0.1, 0.15) is 6.92 Å². The van der Waals surface area contributed by atoms with Crippen LogP contribution in [0.2, 0.25) is 0 Å². The van der Waals surface area contributed by atoms with Gasteiger partial charge in [0.25, 0.3) is 0 Å². The molecule has 0 bridgehead atoms. The highest BCUT2D eigenvalue weighted by atomic mass is 16.5. The van der Waals surface area contributed by atoms with Gasteiger partial charge in [-0.15, -0.1) is 5.10 Å². The number of fused-ring (bicyclic) bond motifs is 1. The fraction of sp³-hybridized carbons (Fsp3) is 0.316. The molecule has 4 aromatic heterocycles. The van der Waals surface area contributed by atoms with Crippen molar-refractivity contribution in [3.63, 3.8) is 0 Å². The zero-order valence-corrected chi connectivity index (χ0v) is 15.3. The third kappa shape index (κ3) is 2.60. The number of H-pyrrole nitrogens is 1. The summed E-state index contributed by atoms with van der Waals surface area (Å²) in [5.74, 6) is 1.71. The lowest BCUT2D eigenvalue weighted by Crippen LogP contribution is -2.44. The molecule has 27 heavy (non-hydrogen) atoms. The monoisotopic (exact) mass is 363 g/mol. The van der Waals surface area contributed by atoms with Gasteiger partial charge in [0.15, 0.2) is 11.6 Å². The molecule has 8 nitrogen and oxygen atoms in total. The van der Waals surface area contributed by atoms with Crippen molar-refractivity contribution >= 4 is 11.3 Å². The second kappa shape index (κ2) is 6.24. The predicted molar refractivity (Wildman–Crippen MR) is 103 cm³/mol. The molecular weight excluding hydrogens is 342 g/mol. The second-order valence-corrected chi connectivity index (χ2v) is 6.84. The van der Waals surface area contributed by atoms with Crippen LogP contribution in [-0.2, 0) is 11.8 Å². The Morgan fingerprint density at radius 3 is 2.96 bits per heavy atom. The lowest BCUT2D eigenvalue weighted by atomic mass is 10.1. The van der Waals surface area contributed by atoms with E-state index in [1.54, 1.807) is 0 Å². The van der Waals surface area contributed by atoms with E-state index in [2.05, 4.69) is 33.0 Å². The predicted octanol–water partition coefficient (Wildman–Crippen LogP) is 2.35. The van der Waals surface area contributed by atoms with Crippen molar-refractivity contribution in [2.24, 2.45) is 7.05 Å². The molecule has 0 aliphatic carbocycles. The summed E-state index contributed by atoms with van der Waals surface area (Å²) in [6, 6.07) is 8.38. The number of rotatable bonds is 3. The van der Waals surface area contributed by atoms with Crippen LogP contribution >= 0.6 is 0 Å². The van der Waals surface area contributed by atoms with E-state index in [0.29, 0.717) is 13.2 Å². The molecule has 5 rings (SSSR count). The van der Waals surface area contributed by atoms with Crippen LogP contribution < -0.4 is 4.90 Å². The molecule has 1 N–H and O–H groups in total. The van der Waals surface area contributed by atoms with E-state index in [1.807, 2.05) is 53.0 Å². The molecule has 0 saturated carbocycles. The Balaban J connectivity index is 1.76. The van der Waals surface area contributed by atoms with Crippen LogP contribution in [0, 0.1) is 0 Å². The fourth-order valence-corrected chi connectivity index (χ4v) is 3.67. The number of ether oxygens (including phenoxy) is 1. The van der Waals surface area contributed by atoms with Gasteiger partial charge in [-0.3, -0.25) is 4.68 Å². The topological polar surface area (TPSA) is 76.3 Å². The molecule has 0 aromatic carbocycles. The van der Waals surface area contributed by atoms with Crippen LogP contribution in [0.3, 0.4) is 0 Å². The average molecular weight is 363 g/mol. The summed E-state index contributed by atoms with van der Waals surface area (Å²) in [6.45, 7) is 4.39. The molecule has 8 heteroatoms. The minimum absolute atomic E-state index is 0.264. The number of anilines is 1. The van der Waals surface area contributed by atoms with E-state index in [4.69, 9.17) is 9.84 Å². The molecule has 0 spiro atoms. The molecule has 1 aliphatic rings. The van der Waals surface area contributed by atoms with Crippen LogP contribution in [0.25, 0.3) is 28.3 Å². The summed E-state index contributed by atoms with van der Waals surface area (Å²) in [6.07, 6.45) is 5.58. The van der Waals surface area contributed by atoms with E-state index in [9.17, 15) is 0 Å². The Morgan fingerprint density at radius 2 is 2.22 bits per heavy atom. The second-order valence-electron chi connectivity index (χ2n) is 6.84. The van der Waals surface area contributed by atoms with Crippen LogP contribution in [0.15, 0.2) is 42.9 Å². The van der Waals surface area contributed by atoms with Gasteiger partial charge >= 0.3 is 0 Å². The molecule has 138 valence electrons. The smallest absolute Gasteiger partial charge is 0.177 e. The first-order chi connectivity index (χ1) is 13.2. The van der Waals surface area contributed by atoms with Crippen molar-refractivity contribution in [2.45, 2.75) is 13.0 Å². The first-order valence-electron chi connectivity index (χ1n) is 9.07. The van der Waals surface area contributed by atoms with Gasteiger partial charge < -0.3 is 14.6 Å². The van der Waals surface area contributed by atoms with Gasteiger partial charge in [-0.1, -0.05) is 0 Å². The number of nitrogens with zero attached hydrogens (tertiary/aromatic N) is 6. The number of imidazole rings is 1. The molecule has 1 fully saturated rings. The average Bonchev–Trinajstić information content (AvgIpc) is 3.41. The van der Waals surface area contributed by atoms with Crippen molar-refractivity contribution in [2.75, 3.05) is 24.7 Å². The third-order valence-corrected chi connectivity index (χ3v) is 5.09. The normalized spacial score (nSPS) is 17.7. The molecular formula is C19H21N7O. The Bertz CT molecular complexity index is 1080. The lowest BCUT2D eigenvalue weighted by Gasteiger charge is -2.34. The highest BCUT2D eigenvalue weighted by Gasteiger charge is 2.24. The molecule has 1 atom stereocenters. The minimum Gasteiger partial charge on any atom is -0.377 e. The fourth-order valence-electron chi connectivity index (χ4n) is 3.67. The SMILES string of the molecule is C[C@@H]1COCCN1c1cc(-c2ccnn2C)c2cnc(-c3ccc[nH]3)n2n1. The zero-order valence-electron chi connectivity index (χ0n) is 15.3. The van der Waals surface area contributed by atoms with Crippen LogP contribution in [-0.4, -0.2) is 55.2 Å². The number of hydrogen-bond acceptors (Lipinski definition) is 5. The van der Waals surface area contributed by atoms with E-state index in [0.717, 1.165) is 40.7 Å². The first-order valence-corrected chi connectivity index (χ1v) is 9.07. The van der Waals surface area contributed by atoms with E-state index >= 15 is 0 Å². The highest BCUT2D eigenvalue weighted by Crippen LogP contribution is 2.31. The minimum atomic E-state index is 0.264. The maximum atomic E-state index is 5.60. The quantitative estimate of drug-likeness (QED) is 0.605. The largest absolute Gasteiger partial charge is 0.377 e. The number of nitrogens with one attached hydrogen (secondary N) is 1. The van der Waals surface area contributed by atoms with Crippen LogP contribution in [0.5, 0.6) is 0 Å². The summed E-state index contributed by atoms with van der Waals surface area (Å²) in [5.41, 5.74) is 3.98. The summed E-state index contributed by atoms with van der Waals surface area (Å²) in [5, 5.41) is 9.28. The zero-order chi connectivity index (χ0) is 18.4. The van der Waals surface area contributed by atoms with Gasteiger partial charge in [0.2, 0.25) is 0 Å². The third-order valence-electron chi connectivity index (χ3n) is 5.09. The van der Waals surface area contributed by atoms with Gasteiger partial charge in [0, 0.05) is 31.5 Å². The Kier molecular flexibility index (Phi) is 3.71. The van der Waals surface area contributed by atoms with Crippen molar-refractivity contribution in [3.05, 3.63) is 42.9 Å². The van der Waals surface area contributed by atoms with Gasteiger partial charge in [-0.25, -0.2) is 9.50 Å². The molecule has 0 radical (unpaired) electrons. The number of morpholine rings is 1. The highest BCUT2D eigenvalue weighted by molar-refractivity contribution is 5.81. The van der Waals surface area contributed by atoms with Crippen molar-refractivity contribution in [3.8, 4) is 22.8 Å². The van der Waals surface area contributed by atoms with Gasteiger partial charge in [0.1, 0.15) is 0 Å². The lowest BCUT2D eigenvalue weighted by molar-refractivity contribution is 0.0984. The van der Waals surface area contributed by atoms with Crippen molar-refractivity contribution < 1.29 is 4.74 Å². The molecule has 1 saturated heterocycles. The molecule has 0 amide bonds. The van der Waals surface area contributed by atoms with Gasteiger partial charge in [-0.05, 0) is 31.2 Å². The van der Waals surface area contributed by atoms with Crippen LogP contribution in [0.4, 0.5) is 5.82 Å². The van der Waals surface area contributed by atoms with Crippen molar-refractivity contribution in [1.29, 1.82) is 0 Å². The number of aromatic nitrogens is 6. The van der Waals surface area contributed by atoms with Crippen molar-refractivity contribution in [1.82, 2.24) is 29.4 Å². The molecule has 5 heterocycles. The van der Waals surface area contributed by atoms with E-state index in [1.165, 1.54) is 0 Å². The Hall–Kier alpha value is -3.13. The number of aryl methyl sites for hydroxylation is 1. The Morgan fingerprint density at radius 1 is 1.30 bits per heavy atom. The molecule has 0 unspecified atom stereocenters. The summed E-state index contributed by atoms with van der Waals surface area (Å²) >= 11 is 0. The summed E-state index contributed by atoms with van der Waals surface area (Å²) in [7, 11) is 1.95. The molecule has 4 aromatic rings. The first kappa shape index (κ1) is 16.1. The van der Waals surface area contributed by atoms with E-state index < -0.39 is 0 Å². The van der Waals surface area contributed by atoms with Gasteiger partial charge in [0.05, 0.1) is 42.4 Å². The van der Waals surface area contributed by atoms with E-state index in [-0.39, 0.29) is 6.04 Å². The van der Waals surface area contributed by atoms with Gasteiger partial charge in [-0.2, -0.15) is 5.10 Å². The molecule has 1 aliphatic heterocycles. The summed E-state index contributed by atoms with van der Waals surface area (Å²) in [4.78, 5) is 10.2. The number of hydrogen-bond donors (Lipinski definition) is 1.